The highest BCUT2D eigenvalue weighted by atomic mass is 32.1. The van der Waals surface area contributed by atoms with Gasteiger partial charge in [0.05, 0.1) is 7.11 Å². The van der Waals surface area contributed by atoms with Gasteiger partial charge in [-0.2, -0.15) is 0 Å². The summed E-state index contributed by atoms with van der Waals surface area (Å²) in [5, 5.41) is 5.67. The van der Waals surface area contributed by atoms with Crippen molar-refractivity contribution in [1.29, 1.82) is 0 Å². The number of ether oxygens (including phenoxy) is 1. The number of methoxy groups -OCH3 is 1. The molecule has 2 amide bonds. The molecule has 0 spiro atoms. The van der Waals surface area contributed by atoms with Gasteiger partial charge in [-0.1, -0.05) is 0 Å². The SMILES string of the molecule is COc1ccc(Nc2nc(C(=O)N(CCC(=O)N3CCCC3)C3CC3)cs2)cc1. The van der Waals surface area contributed by atoms with Crippen LogP contribution >= 0.6 is 11.3 Å². The fourth-order valence-electron chi connectivity index (χ4n) is 3.55. The Hall–Kier alpha value is -2.61. The Morgan fingerprint density at radius 2 is 1.97 bits per heavy atom. The lowest BCUT2D eigenvalue weighted by atomic mass is 10.3. The first-order valence-corrected chi connectivity index (χ1v) is 11.0. The second-order valence-corrected chi connectivity index (χ2v) is 8.32. The van der Waals surface area contributed by atoms with E-state index in [9.17, 15) is 9.59 Å². The minimum absolute atomic E-state index is 0.0826. The molecule has 1 saturated carbocycles. The molecule has 7 nitrogen and oxygen atoms in total. The number of hydrogen-bond donors (Lipinski definition) is 1. The van der Waals surface area contributed by atoms with Crippen molar-refractivity contribution in [3.8, 4) is 5.75 Å². The summed E-state index contributed by atoms with van der Waals surface area (Å²) < 4.78 is 5.16. The second-order valence-electron chi connectivity index (χ2n) is 7.46. The molecule has 1 saturated heterocycles. The van der Waals surface area contributed by atoms with Crippen LogP contribution in [0, 0.1) is 0 Å². The Balaban J connectivity index is 1.37. The molecule has 0 bridgehead atoms. The van der Waals surface area contributed by atoms with Gasteiger partial charge < -0.3 is 19.9 Å². The zero-order valence-corrected chi connectivity index (χ0v) is 17.4. The molecule has 1 N–H and O–H groups in total. The van der Waals surface area contributed by atoms with E-state index in [0.717, 1.165) is 50.2 Å². The van der Waals surface area contributed by atoms with Gasteiger partial charge >= 0.3 is 0 Å². The van der Waals surface area contributed by atoms with Crippen LogP contribution in [0.25, 0.3) is 0 Å². The molecule has 1 aromatic heterocycles. The third-order valence-corrected chi connectivity index (χ3v) is 6.10. The summed E-state index contributed by atoms with van der Waals surface area (Å²) in [6.07, 6.45) is 4.57. The molecule has 2 aromatic rings. The number of benzene rings is 1. The third-order valence-electron chi connectivity index (χ3n) is 5.34. The molecule has 8 heteroatoms. The standard InChI is InChI=1S/C21H26N4O3S/c1-28-17-8-4-15(5-9-17)22-21-23-18(14-29-21)20(27)25(16-6-7-16)13-10-19(26)24-11-2-3-12-24/h4-5,8-9,14,16H,2-3,6-7,10-13H2,1H3,(H,22,23). The van der Waals surface area contributed by atoms with Gasteiger partial charge in [-0.15, -0.1) is 11.3 Å². The van der Waals surface area contributed by atoms with Gasteiger partial charge in [0.2, 0.25) is 5.91 Å². The van der Waals surface area contributed by atoms with Crippen LogP contribution in [0.3, 0.4) is 0 Å². The maximum Gasteiger partial charge on any atom is 0.273 e. The zero-order valence-electron chi connectivity index (χ0n) is 16.6. The molecule has 0 unspecified atom stereocenters. The molecule has 0 atom stereocenters. The molecule has 1 aliphatic heterocycles. The maximum atomic E-state index is 13.0. The predicted molar refractivity (Wildman–Crippen MR) is 113 cm³/mol. The van der Waals surface area contributed by atoms with Crippen LogP contribution < -0.4 is 10.1 Å². The molecule has 1 aliphatic carbocycles. The van der Waals surface area contributed by atoms with Crippen LogP contribution in [0.1, 0.15) is 42.6 Å². The van der Waals surface area contributed by atoms with E-state index < -0.39 is 0 Å². The summed E-state index contributed by atoms with van der Waals surface area (Å²) in [5.41, 5.74) is 1.32. The zero-order chi connectivity index (χ0) is 20.2. The highest BCUT2D eigenvalue weighted by molar-refractivity contribution is 7.14. The van der Waals surface area contributed by atoms with Crippen molar-refractivity contribution in [2.45, 2.75) is 38.1 Å². The van der Waals surface area contributed by atoms with Crippen molar-refractivity contribution in [3.63, 3.8) is 0 Å². The van der Waals surface area contributed by atoms with E-state index in [0.29, 0.717) is 23.8 Å². The van der Waals surface area contributed by atoms with Crippen molar-refractivity contribution in [3.05, 3.63) is 35.3 Å². The van der Waals surface area contributed by atoms with E-state index in [1.54, 1.807) is 12.5 Å². The molecule has 4 rings (SSSR count). The first-order valence-electron chi connectivity index (χ1n) is 10.1. The Kier molecular flexibility index (Phi) is 5.99. The number of amides is 2. The fraction of sp³-hybridized carbons (Fsp3) is 0.476. The first-order chi connectivity index (χ1) is 14.1. The van der Waals surface area contributed by atoms with Crippen LogP contribution in [0.2, 0.25) is 0 Å². The van der Waals surface area contributed by atoms with Crippen LogP contribution in [0.15, 0.2) is 29.6 Å². The van der Waals surface area contributed by atoms with Crippen molar-refractivity contribution in [2.24, 2.45) is 0 Å². The van der Waals surface area contributed by atoms with E-state index in [1.807, 2.05) is 34.1 Å². The summed E-state index contributed by atoms with van der Waals surface area (Å²) >= 11 is 1.40. The number of nitrogens with zero attached hydrogens (tertiary/aromatic N) is 3. The minimum Gasteiger partial charge on any atom is -0.497 e. The highest BCUT2D eigenvalue weighted by Crippen LogP contribution is 2.30. The number of hydrogen-bond acceptors (Lipinski definition) is 6. The quantitative estimate of drug-likeness (QED) is 0.715. The number of carbonyl (C=O) groups excluding carboxylic acids is 2. The molecular weight excluding hydrogens is 388 g/mol. The van der Waals surface area contributed by atoms with E-state index in [4.69, 9.17) is 4.74 Å². The number of rotatable bonds is 8. The highest BCUT2D eigenvalue weighted by Gasteiger charge is 2.34. The van der Waals surface area contributed by atoms with Gasteiger partial charge in [0.1, 0.15) is 11.4 Å². The van der Waals surface area contributed by atoms with Crippen LogP contribution in [-0.4, -0.2) is 59.4 Å². The van der Waals surface area contributed by atoms with Crippen LogP contribution in [0.4, 0.5) is 10.8 Å². The van der Waals surface area contributed by atoms with Crippen molar-refractivity contribution >= 4 is 34.0 Å². The Morgan fingerprint density at radius 1 is 1.24 bits per heavy atom. The molecule has 2 fully saturated rings. The minimum atomic E-state index is -0.0826. The van der Waals surface area contributed by atoms with Gasteiger partial charge in [0.15, 0.2) is 5.13 Å². The summed E-state index contributed by atoms with van der Waals surface area (Å²) in [4.78, 5) is 33.6. The Labute approximate surface area is 174 Å². The smallest absolute Gasteiger partial charge is 0.273 e. The third kappa shape index (κ3) is 4.87. The number of likely N-dealkylation sites (tertiary alicyclic amines) is 1. The topological polar surface area (TPSA) is 74.8 Å². The summed E-state index contributed by atoms with van der Waals surface area (Å²) in [5.74, 6) is 0.857. The lowest BCUT2D eigenvalue weighted by Gasteiger charge is -2.23. The lowest BCUT2D eigenvalue weighted by molar-refractivity contribution is -0.130. The molecular formula is C21H26N4O3S. The molecule has 154 valence electrons. The maximum absolute atomic E-state index is 13.0. The van der Waals surface area contributed by atoms with Crippen LogP contribution in [-0.2, 0) is 4.79 Å². The molecule has 0 radical (unpaired) electrons. The number of thiazole rings is 1. The number of aromatic nitrogens is 1. The first kappa shape index (κ1) is 19.7. The van der Waals surface area contributed by atoms with Gasteiger partial charge in [0.25, 0.3) is 5.91 Å². The number of anilines is 2. The van der Waals surface area contributed by atoms with E-state index in [2.05, 4.69) is 10.3 Å². The number of nitrogens with one attached hydrogen (secondary N) is 1. The van der Waals surface area contributed by atoms with Crippen LogP contribution in [0.5, 0.6) is 5.75 Å². The van der Waals surface area contributed by atoms with E-state index >= 15 is 0 Å². The van der Waals surface area contributed by atoms with Crippen molar-refractivity contribution < 1.29 is 14.3 Å². The van der Waals surface area contributed by atoms with E-state index in [-0.39, 0.29) is 17.9 Å². The fourth-order valence-corrected chi connectivity index (χ4v) is 4.26. The molecule has 1 aromatic carbocycles. The summed E-state index contributed by atoms with van der Waals surface area (Å²) in [6, 6.07) is 7.79. The predicted octanol–water partition coefficient (Wildman–Crippen LogP) is 3.51. The monoisotopic (exact) mass is 414 g/mol. The van der Waals surface area contributed by atoms with Crippen molar-refractivity contribution in [1.82, 2.24) is 14.8 Å². The lowest BCUT2D eigenvalue weighted by Crippen LogP contribution is -2.37. The molecule has 2 aliphatic rings. The van der Waals surface area contributed by atoms with Gasteiger partial charge in [-0.05, 0) is 49.9 Å². The van der Waals surface area contributed by atoms with Crippen molar-refractivity contribution in [2.75, 3.05) is 32.1 Å². The average Bonchev–Trinajstić information content (AvgIpc) is 3.23. The van der Waals surface area contributed by atoms with E-state index in [1.165, 1.54) is 11.3 Å². The average molecular weight is 415 g/mol. The van der Waals surface area contributed by atoms with Gasteiger partial charge in [0, 0.05) is 43.2 Å². The normalized spacial score (nSPS) is 16.0. The van der Waals surface area contributed by atoms with Gasteiger partial charge in [-0.3, -0.25) is 9.59 Å². The summed E-state index contributed by atoms with van der Waals surface area (Å²) in [6.45, 7) is 2.17. The molecule has 29 heavy (non-hydrogen) atoms. The van der Waals surface area contributed by atoms with Gasteiger partial charge in [-0.25, -0.2) is 4.98 Å². The molecule has 2 heterocycles. The number of carbonyl (C=O) groups is 2. The summed E-state index contributed by atoms with van der Waals surface area (Å²) in [7, 11) is 1.63. The largest absolute Gasteiger partial charge is 0.497 e. The second kappa shape index (κ2) is 8.82. The Morgan fingerprint density at radius 3 is 2.62 bits per heavy atom. The Bertz CT molecular complexity index is 857.